The van der Waals surface area contributed by atoms with Gasteiger partial charge in [-0.15, -0.1) is 11.3 Å². The molecule has 0 spiro atoms. The van der Waals surface area contributed by atoms with Crippen molar-refractivity contribution in [1.82, 2.24) is 4.98 Å². The molecule has 0 amide bonds. The maximum Gasteiger partial charge on any atom is 0.168 e. The zero-order valence-corrected chi connectivity index (χ0v) is 16.4. The summed E-state index contributed by atoms with van der Waals surface area (Å²) in [4.78, 5) is 7.08. The van der Waals surface area contributed by atoms with Crippen LogP contribution in [0.25, 0.3) is 10.2 Å². The number of benzene rings is 2. The molecule has 0 bridgehead atoms. The Morgan fingerprint density at radius 3 is 2.72 bits per heavy atom. The largest absolute Gasteiger partial charge is 0.475 e. The lowest BCUT2D eigenvalue weighted by atomic mass is 10.2. The molecule has 5 heteroatoms. The number of aryl methyl sites for hydroxylation is 1. The normalized spacial score (nSPS) is 12.1. The molecule has 0 aliphatic heterocycles. The van der Waals surface area contributed by atoms with Gasteiger partial charge in [0, 0.05) is 19.2 Å². The maximum absolute atomic E-state index is 5.99. The number of thiazole rings is 1. The lowest BCUT2D eigenvalue weighted by molar-refractivity contribution is 0.201. The predicted molar refractivity (Wildman–Crippen MR) is 111 cm³/mol. The highest BCUT2D eigenvalue weighted by Gasteiger charge is 2.22. The standard InChI is InChI=1S/C20H22N2OS2/c1-4-22(16-9-7-8-14(2)12-16)13-18(23-15(3)24)20-21-17-10-5-6-11-19(17)25-20/h5-12,18H,4,13H2,1-3H3. The van der Waals surface area contributed by atoms with Crippen molar-refractivity contribution in [3.63, 3.8) is 0 Å². The number of nitrogens with zero attached hydrogens (tertiary/aromatic N) is 2. The Kier molecular flexibility index (Phi) is 5.66. The van der Waals surface area contributed by atoms with Gasteiger partial charge in [-0.1, -0.05) is 24.3 Å². The third kappa shape index (κ3) is 4.35. The molecule has 0 saturated heterocycles. The Bertz CT molecular complexity index is 842. The first-order valence-corrected chi connectivity index (χ1v) is 9.63. The van der Waals surface area contributed by atoms with Crippen molar-refractivity contribution in [2.24, 2.45) is 0 Å². The molecule has 1 unspecified atom stereocenters. The van der Waals surface area contributed by atoms with Gasteiger partial charge in [0.05, 0.1) is 16.8 Å². The van der Waals surface area contributed by atoms with E-state index >= 15 is 0 Å². The molecule has 3 rings (SSSR count). The Morgan fingerprint density at radius 1 is 1.24 bits per heavy atom. The highest BCUT2D eigenvalue weighted by Crippen LogP contribution is 2.30. The van der Waals surface area contributed by atoms with Crippen molar-refractivity contribution in [1.29, 1.82) is 0 Å². The maximum atomic E-state index is 5.99. The summed E-state index contributed by atoms with van der Waals surface area (Å²) >= 11 is 6.89. The number of anilines is 1. The fourth-order valence-corrected chi connectivity index (χ4v) is 3.94. The van der Waals surface area contributed by atoms with Crippen molar-refractivity contribution in [3.05, 3.63) is 59.1 Å². The van der Waals surface area contributed by atoms with Crippen LogP contribution in [-0.2, 0) is 4.74 Å². The van der Waals surface area contributed by atoms with Gasteiger partial charge in [0.2, 0.25) is 0 Å². The van der Waals surface area contributed by atoms with Crippen molar-refractivity contribution in [2.75, 3.05) is 18.0 Å². The second-order valence-corrected chi connectivity index (χ2v) is 7.63. The van der Waals surface area contributed by atoms with Crippen LogP contribution in [0.15, 0.2) is 48.5 Å². The van der Waals surface area contributed by atoms with Crippen LogP contribution >= 0.6 is 23.6 Å². The fraction of sp³-hybridized carbons (Fsp3) is 0.300. The van der Waals surface area contributed by atoms with Gasteiger partial charge in [-0.2, -0.15) is 0 Å². The molecule has 0 N–H and O–H groups in total. The summed E-state index contributed by atoms with van der Waals surface area (Å²) in [5, 5.41) is 1.51. The molecule has 1 heterocycles. The molecule has 25 heavy (non-hydrogen) atoms. The molecule has 0 aliphatic carbocycles. The summed E-state index contributed by atoms with van der Waals surface area (Å²) in [6, 6.07) is 16.7. The van der Waals surface area contributed by atoms with Crippen LogP contribution in [0.4, 0.5) is 5.69 Å². The van der Waals surface area contributed by atoms with Crippen molar-refractivity contribution < 1.29 is 4.74 Å². The van der Waals surface area contributed by atoms with Gasteiger partial charge >= 0.3 is 0 Å². The lowest BCUT2D eigenvalue weighted by Gasteiger charge is -2.28. The number of likely N-dealkylation sites (N-methyl/N-ethyl adjacent to an activating group) is 1. The average molecular weight is 371 g/mol. The molecular weight excluding hydrogens is 348 g/mol. The zero-order chi connectivity index (χ0) is 17.8. The minimum Gasteiger partial charge on any atom is -0.475 e. The van der Waals surface area contributed by atoms with Gasteiger partial charge < -0.3 is 9.64 Å². The van der Waals surface area contributed by atoms with Gasteiger partial charge in [0.15, 0.2) is 11.2 Å². The number of fused-ring (bicyclic) bond motifs is 1. The van der Waals surface area contributed by atoms with Crippen LogP contribution in [0, 0.1) is 6.92 Å². The van der Waals surface area contributed by atoms with Gasteiger partial charge in [-0.05, 0) is 55.9 Å². The Balaban J connectivity index is 1.90. The summed E-state index contributed by atoms with van der Waals surface area (Å²) in [6.45, 7) is 7.69. The molecule has 1 aromatic heterocycles. The number of hydrogen-bond acceptors (Lipinski definition) is 5. The third-order valence-corrected chi connectivity index (χ3v) is 5.25. The van der Waals surface area contributed by atoms with E-state index in [0.717, 1.165) is 17.1 Å². The minimum atomic E-state index is -0.171. The van der Waals surface area contributed by atoms with Crippen LogP contribution in [-0.4, -0.2) is 23.1 Å². The molecule has 0 fully saturated rings. The molecule has 130 valence electrons. The molecule has 2 aromatic carbocycles. The van der Waals surface area contributed by atoms with E-state index in [0.29, 0.717) is 11.6 Å². The summed E-state index contributed by atoms with van der Waals surface area (Å²) in [7, 11) is 0. The van der Waals surface area contributed by atoms with E-state index in [2.05, 4.69) is 49.1 Å². The number of ether oxygens (including phenoxy) is 1. The van der Waals surface area contributed by atoms with Gasteiger partial charge in [-0.25, -0.2) is 4.98 Å². The van der Waals surface area contributed by atoms with E-state index in [1.807, 2.05) is 25.1 Å². The number of para-hydroxylation sites is 1. The Labute approximate surface area is 158 Å². The molecule has 3 nitrogen and oxygen atoms in total. The van der Waals surface area contributed by atoms with Crippen LogP contribution in [0.1, 0.15) is 30.5 Å². The van der Waals surface area contributed by atoms with E-state index in [-0.39, 0.29) is 6.10 Å². The minimum absolute atomic E-state index is 0.171. The quantitative estimate of drug-likeness (QED) is 0.532. The predicted octanol–water partition coefficient (Wildman–Crippen LogP) is 5.54. The first-order chi connectivity index (χ1) is 12.1. The van der Waals surface area contributed by atoms with E-state index in [9.17, 15) is 0 Å². The van der Waals surface area contributed by atoms with Crippen LogP contribution in [0.3, 0.4) is 0 Å². The van der Waals surface area contributed by atoms with E-state index < -0.39 is 0 Å². The van der Waals surface area contributed by atoms with Crippen molar-refractivity contribution in [3.8, 4) is 0 Å². The number of thiocarbonyl (C=S) groups is 1. The summed E-state index contributed by atoms with van der Waals surface area (Å²) in [5.74, 6) is 0. The highest BCUT2D eigenvalue weighted by atomic mass is 32.1. The van der Waals surface area contributed by atoms with Gasteiger partial charge in [0.1, 0.15) is 5.01 Å². The van der Waals surface area contributed by atoms with Crippen LogP contribution < -0.4 is 4.90 Å². The molecule has 0 aliphatic rings. The molecule has 0 radical (unpaired) electrons. The second-order valence-electron chi connectivity index (χ2n) is 6.00. The zero-order valence-electron chi connectivity index (χ0n) is 14.7. The van der Waals surface area contributed by atoms with Gasteiger partial charge in [-0.3, -0.25) is 0 Å². The van der Waals surface area contributed by atoms with E-state index in [1.165, 1.54) is 16.0 Å². The molecular formula is C20H22N2OS2. The second kappa shape index (κ2) is 7.93. The summed E-state index contributed by atoms with van der Waals surface area (Å²) < 4.78 is 7.16. The Hall–Kier alpha value is -1.98. The lowest BCUT2D eigenvalue weighted by Crippen LogP contribution is -2.30. The summed E-state index contributed by atoms with van der Waals surface area (Å²) in [5.41, 5.74) is 3.45. The van der Waals surface area contributed by atoms with E-state index in [1.54, 1.807) is 11.3 Å². The SMILES string of the molecule is CCN(CC(OC(C)=S)c1nc2ccccc2s1)c1cccc(C)c1. The average Bonchev–Trinajstić information content (AvgIpc) is 3.02. The first-order valence-electron chi connectivity index (χ1n) is 8.41. The molecule has 0 saturated carbocycles. The third-order valence-electron chi connectivity index (χ3n) is 4.03. The molecule has 3 aromatic rings. The topological polar surface area (TPSA) is 25.4 Å². The summed E-state index contributed by atoms with van der Waals surface area (Å²) in [6.07, 6.45) is -0.171. The first kappa shape index (κ1) is 17.8. The Morgan fingerprint density at radius 2 is 2.04 bits per heavy atom. The number of aromatic nitrogens is 1. The number of hydrogen-bond donors (Lipinski definition) is 0. The monoisotopic (exact) mass is 370 g/mol. The van der Waals surface area contributed by atoms with Crippen molar-refractivity contribution >= 4 is 44.5 Å². The molecule has 1 atom stereocenters. The van der Waals surface area contributed by atoms with Crippen molar-refractivity contribution in [2.45, 2.75) is 26.9 Å². The van der Waals surface area contributed by atoms with Crippen LogP contribution in [0.2, 0.25) is 0 Å². The fourth-order valence-electron chi connectivity index (χ4n) is 2.84. The number of rotatable bonds is 6. The smallest absolute Gasteiger partial charge is 0.168 e. The van der Waals surface area contributed by atoms with Crippen LogP contribution in [0.5, 0.6) is 0 Å². The highest BCUT2D eigenvalue weighted by molar-refractivity contribution is 7.80. The van der Waals surface area contributed by atoms with E-state index in [4.69, 9.17) is 21.9 Å². The van der Waals surface area contributed by atoms with Gasteiger partial charge in [0.25, 0.3) is 0 Å².